The van der Waals surface area contributed by atoms with E-state index in [-0.39, 0.29) is 5.75 Å². The number of hydrogen-bond acceptors (Lipinski definition) is 5. The van der Waals surface area contributed by atoms with E-state index in [0.29, 0.717) is 17.5 Å². The molecule has 6 nitrogen and oxygen atoms in total. The standard InChI is InChI=1S/C10H10N2O4S/c13-9(7-4-2-1-3-5-7)11-8(10(14)15)6-17-12-16/h1-5,8H,6H2,(H,11,13)(H,14,15). The van der Waals surface area contributed by atoms with Crippen molar-refractivity contribution in [2.45, 2.75) is 6.04 Å². The van der Waals surface area contributed by atoms with Gasteiger partial charge in [0.05, 0.1) is 0 Å². The molecule has 0 saturated heterocycles. The molecule has 1 amide bonds. The lowest BCUT2D eigenvalue weighted by Gasteiger charge is -2.12. The molecule has 0 saturated carbocycles. The van der Waals surface area contributed by atoms with E-state index in [4.69, 9.17) is 5.11 Å². The molecule has 0 fully saturated rings. The van der Waals surface area contributed by atoms with Crippen molar-refractivity contribution >= 4 is 23.8 Å². The highest BCUT2D eigenvalue weighted by Gasteiger charge is 2.20. The van der Waals surface area contributed by atoms with Crippen LogP contribution in [0.4, 0.5) is 0 Å². The van der Waals surface area contributed by atoms with Gasteiger partial charge in [-0.2, -0.15) is 0 Å². The Labute approximate surface area is 102 Å². The van der Waals surface area contributed by atoms with E-state index in [0.717, 1.165) is 0 Å². The van der Waals surface area contributed by atoms with Crippen molar-refractivity contribution in [2.24, 2.45) is 4.58 Å². The van der Waals surface area contributed by atoms with Gasteiger partial charge in [0.1, 0.15) is 6.04 Å². The van der Waals surface area contributed by atoms with Gasteiger partial charge in [-0.25, -0.2) is 4.79 Å². The second-order valence-corrected chi connectivity index (χ2v) is 3.84. The van der Waals surface area contributed by atoms with Crippen molar-refractivity contribution in [2.75, 3.05) is 5.75 Å². The third kappa shape index (κ3) is 4.23. The highest BCUT2D eigenvalue weighted by atomic mass is 32.2. The SMILES string of the molecule is O=NSCC(NC(=O)c1ccccc1)C(=O)O. The summed E-state index contributed by atoms with van der Waals surface area (Å²) in [6.07, 6.45) is 0. The predicted octanol–water partition coefficient (Wildman–Crippen LogP) is 1.28. The van der Waals surface area contributed by atoms with Gasteiger partial charge >= 0.3 is 5.97 Å². The van der Waals surface area contributed by atoms with Crippen molar-refractivity contribution in [1.29, 1.82) is 0 Å². The molecule has 0 spiro atoms. The monoisotopic (exact) mass is 254 g/mol. The van der Waals surface area contributed by atoms with Crippen LogP contribution in [0, 0.1) is 4.91 Å². The number of carbonyl (C=O) groups excluding carboxylic acids is 1. The average Bonchev–Trinajstić information content (AvgIpc) is 2.35. The second kappa shape index (κ2) is 6.64. The van der Waals surface area contributed by atoms with Crippen LogP contribution >= 0.6 is 11.9 Å². The quantitative estimate of drug-likeness (QED) is 0.589. The van der Waals surface area contributed by atoms with Gasteiger partial charge in [-0.3, -0.25) is 4.79 Å². The molecule has 7 heteroatoms. The Balaban J connectivity index is 2.64. The Bertz CT molecular complexity index is 410. The lowest BCUT2D eigenvalue weighted by Crippen LogP contribution is -2.42. The largest absolute Gasteiger partial charge is 0.480 e. The van der Waals surface area contributed by atoms with Crippen molar-refractivity contribution in [3.05, 3.63) is 40.8 Å². The van der Waals surface area contributed by atoms with Crippen LogP contribution in [0.2, 0.25) is 0 Å². The predicted molar refractivity (Wildman–Crippen MR) is 63.6 cm³/mol. The summed E-state index contributed by atoms with van der Waals surface area (Å²) in [7, 11) is 0. The lowest BCUT2D eigenvalue weighted by atomic mass is 10.2. The van der Waals surface area contributed by atoms with Crippen LogP contribution in [0.5, 0.6) is 0 Å². The maximum atomic E-state index is 11.6. The molecule has 0 radical (unpaired) electrons. The first-order valence-electron chi connectivity index (χ1n) is 4.68. The number of hydrogen-bond donors (Lipinski definition) is 2. The fourth-order valence-electron chi connectivity index (χ4n) is 1.11. The van der Waals surface area contributed by atoms with Gasteiger partial charge in [0, 0.05) is 27.8 Å². The highest BCUT2D eigenvalue weighted by molar-refractivity contribution is 7.97. The van der Waals surface area contributed by atoms with Gasteiger partial charge < -0.3 is 10.4 Å². The molecule has 90 valence electrons. The van der Waals surface area contributed by atoms with Gasteiger partial charge in [0.25, 0.3) is 5.91 Å². The van der Waals surface area contributed by atoms with E-state index in [2.05, 4.69) is 9.90 Å². The Kier molecular flexibility index (Phi) is 5.15. The van der Waals surface area contributed by atoms with Gasteiger partial charge in [-0.15, -0.1) is 4.91 Å². The summed E-state index contributed by atoms with van der Waals surface area (Å²) in [4.78, 5) is 32.3. The molecule has 1 aromatic carbocycles. The number of carboxylic acid groups (broad SMARTS) is 1. The topological polar surface area (TPSA) is 95.8 Å². The fraction of sp³-hybridized carbons (Fsp3) is 0.200. The Morgan fingerprint density at radius 2 is 2.00 bits per heavy atom. The maximum absolute atomic E-state index is 11.6. The third-order valence-electron chi connectivity index (χ3n) is 1.93. The number of rotatable bonds is 6. The van der Waals surface area contributed by atoms with E-state index in [1.807, 2.05) is 0 Å². The molecule has 17 heavy (non-hydrogen) atoms. The van der Waals surface area contributed by atoms with Crippen LogP contribution in [0.3, 0.4) is 0 Å². The molecule has 1 unspecified atom stereocenters. The molecule has 2 N–H and O–H groups in total. The molecule has 0 aromatic heterocycles. The minimum atomic E-state index is -1.20. The molecular weight excluding hydrogens is 244 g/mol. The maximum Gasteiger partial charge on any atom is 0.327 e. The molecule has 0 bridgehead atoms. The summed E-state index contributed by atoms with van der Waals surface area (Å²) in [6, 6.07) is 7.10. The minimum Gasteiger partial charge on any atom is -0.480 e. The van der Waals surface area contributed by atoms with Crippen LogP contribution < -0.4 is 5.32 Å². The Morgan fingerprint density at radius 3 is 2.53 bits per heavy atom. The summed E-state index contributed by atoms with van der Waals surface area (Å²) in [5, 5.41) is 11.1. The zero-order valence-corrected chi connectivity index (χ0v) is 9.52. The van der Waals surface area contributed by atoms with Crippen molar-refractivity contribution in [1.82, 2.24) is 5.32 Å². The van der Waals surface area contributed by atoms with Crippen LogP contribution in [-0.2, 0) is 4.79 Å². The summed E-state index contributed by atoms with van der Waals surface area (Å²) in [5.74, 6) is -1.80. The number of carboxylic acids is 1. The van der Waals surface area contributed by atoms with Crippen LogP contribution in [0.15, 0.2) is 34.9 Å². The zero-order chi connectivity index (χ0) is 12.7. The summed E-state index contributed by atoms with van der Waals surface area (Å²) in [5.41, 5.74) is 0.364. The van der Waals surface area contributed by atoms with Gasteiger partial charge in [0.2, 0.25) is 0 Å². The first kappa shape index (κ1) is 13.2. The molecule has 0 heterocycles. The smallest absolute Gasteiger partial charge is 0.327 e. The number of benzene rings is 1. The van der Waals surface area contributed by atoms with Crippen molar-refractivity contribution < 1.29 is 14.7 Å². The van der Waals surface area contributed by atoms with Gasteiger partial charge in [-0.1, -0.05) is 18.2 Å². The fourth-order valence-corrected chi connectivity index (χ4v) is 1.55. The Morgan fingerprint density at radius 1 is 1.35 bits per heavy atom. The lowest BCUT2D eigenvalue weighted by molar-refractivity contribution is -0.138. The van der Waals surface area contributed by atoms with E-state index in [9.17, 15) is 14.5 Å². The van der Waals surface area contributed by atoms with Crippen molar-refractivity contribution in [3.63, 3.8) is 0 Å². The molecule has 0 aliphatic carbocycles. The molecule has 1 rings (SSSR count). The summed E-state index contributed by atoms with van der Waals surface area (Å²) < 4.78 is 2.49. The first-order valence-corrected chi connectivity index (χ1v) is 5.62. The summed E-state index contributed by atoms with van der Waals surface area (Å²) in [6.45, 7) is 0. The van der Waals surface area contributed by atoms with Gasteiger partial charge in [-0.05, 0) is 12.1 Å². The van der Waals surface area contributed by atoms with Gasteiger partial charge in [0.15, 0.2) is 0 Å². The summed E-state index contributed by atoms with van der Waals surface area (Å²) >= 11 is 0.556. The molecular formula is C10H10N2O4S. The van der Waals surface area contributed by atoms with Crippen LogP contribution in [0.1, 0.15) is 10.4 Å². The van der Waals surface area contributed by atoms with E-state index >= 15 is 0 Å². The number of nitrogens with one attached hydrogen (secondary N) is 1. The number of nitroso groups, excluding NO2 is 1. The van der Waals surface area contributed by atoms with E-state index in [1.54, 1.807) is 30.3 Å². The first-order chi connectivity index (χ1) is 8.15. The number of carbonyl (C=O) groups is 2. The highest BCUT2D eigenvalue weighted by Crippen LogP contribution is 2.05. The molecule has 1 atom stereocenters. The zero-order valence-electron chi connectivity index (χ0n) is 8.70. The van der Waals surface area contributed by atoms with Crippen LogP contribution in [0.25, 0.3) is 0 Å². The molecule has 0 aliphatic rings. The molecule has 0 aliphatic heterocycles. The van der Waals surface area contributed by atoms with Crippen molar-refractivity contribution in [3.8, 4) is 0 Å². The minimum absolute atomic E-state index is 0.0998. The number of amides is 1. The normalized spacial score (nSPS) is 11.5. The van der Waals surface area contributed by atoms with Crippen LogP contribution in [-0.4, -0.2) is 28.8 Å². The third-order valence-corrected chi connectivity index (χ3v) is 2.52. The number of nitrogens with zero attached hydrogens (tertiary/aromatic N) is 1. The molecule has 1 aromatic rings. The van der Waals surface area contributed by atoms with E-state index in [1.165, 1.54) is 0 Å². The Hall–Kier alpha value is -1.89. The van der Waals surface area contributed by atoms with E-state index < -0.39 is 17.9 Å². The number of aliphatic carboxylic acids is 1. The second-order valence-electron chi connectivity index (χ2n) is 3.10. The average molecular weight is 254 g/mol.